The molecule has 0 heterocycles. The summed E-state index contributed by atoms with van der Waals surface area (Å²) >= 11 is 0. The van der Waals surface area contributed by atoms with E-state index in [0.29, 0.717) is 11.3 Å². The first-order valence-corrected chi connectivity index (χ1v) is 17.2. The zero-order valence-corrected chi connectivity index (χ0v) is 29.0. The summed E-state index contributed by atoms with van der Waals surface area (Å²) in [7, 11) is 0. The second-order valence-corrected chi connectivity index (χ2v) is 12.5. The molecule has 0 N–H and O–H groups in total. The lowest BCUT2D eigenvalue weighted by atomic mass is 9.97. The number of rotatable bonds is 14. The van der Waals surface area contributed by atoms with Crippen LogP contribution in [0.3, 0.4) is 0 Å². The maximum absolute atomic E-state index is 13.2. The van der Waals surface area contributed by atoms with Crippen molar-refractivity contribution < 1.29 is 38.0 Å². The van der Waals surface area contributed by atoms with Crippen molar-refractivity contribution in [3.05, 3.63) is 145 Å². The minimum atomic E-state index is -0.558. The maximum Gasteiger partial charge on any atom is 0.342 e. The van der Waals surface area contributed by atoms with Gasteiger partial charge >= 0.3 is 11.9 Å². The number of benzene rings is 7. The zero-order valence-electron chi connectivity index (χ0n) is 29.0. The monoisotopic (exact) mass is 694 g/mol. The molecule has 8 heteroatoms. The van der Waals surface area contributed by atoms with Gasteiger partial charge in [-0.3, -0.25) is 0 Å². The molecule has 0 bridgehead atoms. The van der Waals surface area contributed by atoms with Crippen LogP contribution in [0.1, 0.15) is 34.6 Å². The largest absolute Gasteiger partial charge is 0.467 e. The number of ether oxygens (including phenoxy) is 6. The van der Waals surface area contributed by atoms with Gasteiger partial charge < -0.3 is 28.4 Å². The number of hydrogen-bond donors (Lipinski definition) is 0. The van der Waals surface area contributed by atoms with Crippen molar-refractivity contribution in [2.24, 2.45) is 0 Å². The third-order valence-corrected chi connectivity index (χ3v) is 8.80. The highest BCUT2D eigenvalue weighted by molar-refractivity contribution is 6.16. The Morgan fingerprint density at radius 1 is 0.500 bits per heavy atom. The zero-order chi connectivity index (χ0) is 35.9. The van der Waals surface area contributed by atoms with E-state index in [1.54, 1.807) is 38.1 Å². The van der Waals surface area contributed by atoms with E-state index in [2.05, 4.69) is 18.2 Å². The molecule has 0 aromatic heterocycles. The van der Waals surface area contributed by atoms with E-state index in [0.717, 1.165) is 48.8 Å². The quantitative estimate of drug-likeness (QED) is 0.0482. The first kappa shape index (κ1) is 34.5. The van der Waals surface area contributed by atoms with Crippen LogP contribution in [0.25, 0.3) is 43.1 Å². The Bertz CT molecular complexity index is 2370. The fourth-order valence-corrected chi connectivity index (χ4v) is 6.26. The molecule has 0 aliphatic heterocycles. The lowest BCUT2D eigenvalue weighted by Crippen LogP contribution is -2.23. The Labute approximate surface area is 301 Å². The highest BCUT2D eigenvalue weighted by atomic mass is 16.7. The Hall–Kier alpha value is -5.96. The van der Waals surface area contributed by atoms with Crippen LogP contribution in [-0.4, -0.2) is 50.9 Å². The van der Waals surface area contributed by atoms with Crippen LogP contribution in [0, 0.1) is 0 Å². The van der Waals surface area contributed by atoms with Gasteiger partial charge in [-0.25, -0.2) is 9.59 Å². The maximum atomic E-state index is 13.2. The third kappa shape index (κ3) is 7.68. The summed E-state index contributed by atoms with van der Waals surface area (Å²) in [6, 6.07) is 42.6. The van der Waals surface area contributed by atoms with Gasteiger partial charge in [0, 0.05) is 5.39 Å². The molecule has 0 saturated heterocycles. The van der Waals surface area contributed by atoms with Crippen LogP contribution in [0.5, 0.6) is 11.5 Å². The van der Waals surface area contributed by atoms with Gasteiger partial charge in [-0.1, -0.05) is 109 Å². The van der Waals surface area contributed by atoms with E-state index in [1.165, 1.54) is 0 Å². The fourth-order valence-electron chi connectivity index (χ4n) is 6.26. The Kier molecular flexibility index (Phi) is 10.6. The molecule has 262 valence electrons. The Balaban J connectivity index is 0.878. The first-order valence-electron chi connectivity index (χ1n) is 17.2. The molecule has 52 heavy (non-hydrogen) atoms. The van der Waals surface area contributed by atoms with Gasteiger partial charge in [0.1, 0.15) is 29.8 Å². The molecule has 0 aliphatic carbocycles. The smallest absolute Gasteiger partial charge is 0.342 e. The number of fused-ring (bicyclic) bond motifs is 6. The van der Waals surface area contributed by atoms with E-state index in [9.17, 15) is 9.59 Å². The van der Waals surface area contributed by atoms with Gasteiger partial charge in [0.25, 0.3) is 0 Å². The summed E-state index contributed by atoms with van der Waals surface area (Å²) in [6.07, 6.45) is -1.02. The second kappa shape index (κ2) is 15.9. The van der Waals surface area contributed by atoms with Crippen molar-refractivity contribution in [1.82, 2.24) is 0 Å². The molecular weight excluding hydrogens is 656 g/mol. The van der Waals surface area contributed by atoms with Crippen molar-refractivity contribution in [2.45, 2.75) is 26.1 Å². The number of para-hydroxylation sites is 1. The molecule has 7 aromatic rings. The molecule has 2 atom stereocenters. The second-order valence-electron chi connectivity index (χ2n) is 12.5. The van der Waals surface area contributed by atoms with Crippen molar-refractivity contribution >= 4 is 55.0 Å². The summed E-state index contributed by atoms with van der Waals surface area (Å²) < 4.78 is 34.6. The molecule has 0 amide bonds. The molecular formula is C44H38O8. The van der Waals surface area contributed by atoms with Gasteiger partial charge in [0.05, 0.1) is 18.3 Å². The summed E-state index contributed by atoms with van der Waals surface area (Å²) in [5, 5.41) is 8.19. The molecule has 0 aliphatic rings. The van der Waals surface area contributed by atoms with Crippen molar-refractivity contribution in [3.8, 4) is 11.5 Å². The van der Waals surface area contributed by atoms with Gasteiger partial charge in [-0.05, 0) is 75.8 Å². The van der Waals surface area contributed by atoms with Crippen molar-refractivity contribution in [2.75, 3.05) is 26.8 Å². The molecule has 8 nitrogen and oxygen atoms in total. The third-order valence-electron chi connectivity index (χ3n) is 8.80. The van der Waals surface area contributed by atoms with Gasteiger partial charge in [0.15, 0.2) is 13.6 Å². The fraction of sp³-hybridized carbons (Fsp3) is 0.182. The normalized spacial score (nSPS) is 12.5. The molecule has 2 unspecified atom stereocenters. The van der Waals surface area contributed by atoms with E-state index in [-0.39, 0.29) is 32.4 Å². The predicted octanol–water partition coefficient (Wildman–Crippen LogP) is 9.50. The molecule has 0 fully saturated rings. The van der Waals surface area contributed by atoms with Crippen LogP contribution >= 0.6 is 0 Å². The predicted molar refractivity (Wildman–Crippen MR) is 202 cm³/mol. The summed E-state index contributed by atoms with van der Waals surface area (Å²) in [5.74, 6) is 0.0354. The Morgan fingerprint density at radius 3 is 1.79 bits per heavy atom. The van der Waals surface area contributed by atoms with Crippen LogP contribution in [0.2, 0.25) is 0 Å². The number of esters is 2. The van der Waals surface area contributed by atoms with Crippen LogP contribution in [-0.2, 0) is 18.9 Å². The lowest BCUT2D eigenvalue weighted by molar-refractivity contribution is -0.0550. The van der Waals surface area contributed by atoms with Gasteiger partial charge in [-0.15, -0.1) is 0 Å². The molecule has 7 rings (SSSR count). The Morgan fingerprint density at radius 2 is 1.06 bits per heavy atom. The van der Waals surface area contributed by atoms with E-state index < -0.39 is 24.1 Å². The first-order chi connectivity index (χ1) is 25.5. The van der Waals surface area contributed by atoms with Crippen molar-refractivity contribution in [1.29, 1.82) is 0 Å². The van der Waals surface area contributed by atoms with Crippen molar-refractivity contribution in [3.63, 3.8) is 0 Å². The molecule has 0 radical (unpaired) electrons. The average molecular weight is 695 g/mol. The van der Waals surface area contributed by atoms with Crippen LogP contribution < -0.4 is 9.47 Å². The number of carbonyl (C=O) groups is 2. The van der Waals surface area contributed by atoms with Crippen LogP contribution in [0.15, 0.2) is 133 Å². The number of hydrogen-bond acceptors (Lipinski definition) is 8. The highest BCUT2D eigenvalue weighted by Crippen LogP contribution is 2.33. The van der Waals surface area contributed by atoms with E-state index in [1.807, 2.05) is 91.0 Å². The van der Waals surface area contributed by atoms with Gasteiger partial charge in [-0.2, -0.15) is 0 Å². The minimum Gasteiger partial charge on any atom is -0.467 e. The average Bonchev–Trinajstić information content (AvgIpc) is 3.18. The topological polar surface area (TPSA) is 89.5 Å². The van der Waals surface area contributed by atoms with Crippen LogP contribution in [0.4, 0.5) is 0 Å². The minimum absolute atomic E-state index is 0.00634. The lowest BCUT2D eigenvalue weighted by Gasteiger charge is -2.17. The van der Waals surface area contributed by atoms with E-state index in [4.69, 9.17) is 28.4 Å². The van der Waals surface area contributed by atoms with E-state index >= 15 is 0 Å². The summed E-state index contributed by atoms with van der Waals surface area (Å²) in [6.45, 7) is 3.51. The molecule has 0 spiro atoms. The number of carbonyl (C=O) groups excluding carboxylic acids is 2. The standard InChI is InChI=1S/C44H38O8/c1-29(26-48-43(45)40-23-31-13-3-5-15-33(31)35-17-7-8-19-37(35)40)49-28-51-41-22-12-11-21-39(41)44(46)52-30(2)25-47-27-50-42-24-32-14-4-6-16-34(32)36-18-9-10-20-38(36)42/h3-24,29-30H,25-28H2,1-2H3. The highest BCUT2D eigenvalue weighted by Gasteiger charge is 2.19. The summed E-state index contributed by atoms with van der Waals surface area (Å²) in [4.78, 5) is 26.3. The molecule has 0 saturated carbocycles. The van der Waals surface area contributed by atoms with Gasteiger partial charge in [0.2, 0.25) is 0 Å². The SMILES string of the molecule is CC(COC(=O)c1cc2ccccc2c2ccccc12)OCOc1ccccc1C(=O)OC(C)COCOc1cc2ccccc2c2ccccc12. The summed E-state index contributed by atoms with van der Waals surface area (Å²) in [5.41, 5.74) is 0.745. The molecule has 7 aromatic carbocycles.